The Bertz CT molecular complexity index is 319. The van der Waals surface area contributed by atoms with E-state index in [4.69, 9.17) is 5.73 Å². The zero-order chi connectivity index (χ0) is 12.7. The summed E-state index contributed by atoms with van der Waals surface area (Å²) in [5.41, 5.74) is 7.02. The first-order chi connectivity index (χ1) is 8.10. The molecule has 0 saturated carbocycles. The molecule has 0 aromatic heterocycles. The second-order valence-electron chi connectivity index (χ2n) is 4.81. The molecule has 0 aliphatic rings. The van der Waals surface area contributed by atoms with Crippen LogP contribution in [0.25, 0.3) is 0 Å². The molecule has 0 fully saturated rings. The van der Waals surface area contributed by atoms with Crippen LogP contribution in [0.1, 0.15) is 26.3 Å². The summed E-state index contributed by atoms with van der Waals surface area (Å²) in [6.07, 6.45) is 0. The Morgan fingerprint density at radius 3 is 2.41 bits per heavy atom. The average molecular weight is 252 g/mol. The van der Waals surface area contributed by atoms with E-state index in [1.165, 1.54) is 10.5 Å². The van der Waals surface area contributed by atoms with E-state index in [1.807, 2.05) is 11.8 Å². The van der Waals surface area contributed by atoms with Crippen LogP contribution in [0.5, 0.6) is 0 Å². The zero-order valence-electron chi connectivity index (χ0n) is 11.1. The summed E-state index contributed by atoms with van der Waals surface area (Å²) in [7, 11) is 0. The number of rotatable bonds is 7. The summed E-state index contributed by atoms with van der Waals surface area (Å²) in [5.74, 6) is 1.13. The van der Waals surface area contributed by atoms with Gasteiger partial charge in [0.15, 0.2) is 0 Å². The second-order valence-corrected chi connectivity index (χ2v) is 6.14. The highest BCUT2D eigenvalue weighted by molar-refractivity contribution is 7.99. The molecule has 0 aliphatic heterocycles. The zero-order valence-corrected chi connectivity index (χ0v) is 11.9. The van der Waals surface area contributed by atoms with Crippen LogP contribution in [-0.4, -0.2) is 25.4 Å². The standard InChI is InChI=1S/C14H24N2S/c1-4-17-13-7-5-12(6-8-13)14(2,3)11-16-10-9-15/h5-8,16H,4,9-11,15H2,1-3H3. The van der Waals surface area contributed by atoms with Crippen LogP contribution in [0.15, 0.2) is 29.2 Å². The molecule has 0 atom stereocenters. The lowest BCUT2D eigenvalue weighted by molar-refractivity contribution is 0.473. The van der Waals surface area contributed by atoms with Crippen molar-refractivity contribution >= 4 is 11.8 Å². The van der Waals surface area contributed by atoms with Crippen LogP contribution in [-0.2, 0) is 5.41 Å². The minimum atomic E-state index is 0.157. The van der Waals surface area contributed by atoms with Crippen LogP contribution >= 0.6 is 11.8 Å². The molecule has 0 aliphatic carbocycles. The van der Waals surface area contributed by atoms with Gasteiger partial charge in [0.2, 0.25) is 0 Å². The van der Waals surface area contributed by atoms with Crippen molar-refractivity contribution < 1.29 is 0 Å². The Morgan fingerprint density at radius 2 is 1.88 bits per heavy atom. The Hall–Kier alpha value is -0.510. The van der Waals surface area contributed by atoms with E-state index in [0.29, 0.717) is 6.54 Å². The lowest BCUT2D eigenvalue weighted by Gasteiger charge is -2.26. The molecule has 0 amide bonds. The van der Waals surface area contributed by atoms with Crippen molar-refractivity contribution in [1.29, 1.82) is 0 Å². The van der Waals surface area contributed by atoms with Crippen LogP contribution in [0.2, 0.25) is 0 Å². The molecule has 3 N–H and O–H groups in total. The normalized spacial score (nSPS) is 11.8. The maximum Gasteiger partial charge on any atom is 0.00748 e. The molecule has 1 aromatic rings. The molecule has 17 heavy (non-hydrogen) atoms. The summed E-state index contributed by atoms with van der Waals surface area (Å²) in [6.45, 7) is 9.25. The van der Waals surface area contributed by atoms with Crippen molar-refractivity contribution in [3.05, 3.63) is 29.8 Å². The number of nitrogens with two attached hydrogens (primary N) is 1. The van der Waals surface area contributed by atoms with E-state index in [9.17, 15) is 0 Å². The molecular formula is C14H24N2S. The van der Waals surface area contributed by atoms with Gasteiger partial charge < -0.3 is 11.1 Å². The molecule has 1 aromatic carbocycles. The average Bonchev–Trinajstić information content (AvgIpc) is 2.30. The van der Waals surface area contributed by atoms with E-state index >= 15 is 0 Å². The fourth-order valence-corrected chi connectivity index (χ4v) is 2.44. The van der Waals surface area contributed by atoms with Gasteiger partial charge in [-0.05, 0) is 23.4 Å². The maximum atomic E-state index is 5.48. The van der Waals surface area contributed by atoms with Gasteiger partial charge in [-0.15, -0.1) is 11.8 Å². The summed E-state index contributed by atoms with van der Waals surface area (Å²) < 4.78 is 0. The highest BCUT2D eigenvalue weighted by Crippen LogP contribution is 2.25. The fraction of sp³-hybridized carbons (Fsp3) is 0.571. The molecule has 0 bridgehead atoms. The Morgan fingerprint density at radius 1 is 1.24 bits per heavy atom. The number of thioether (sulfide) groups is 1. The van der Waals surface area contributed by atoms with Gasteiger partial charge in [0.05, 0.1) is 0 Å². The van der Waals surface area contributed by atoms with Crippen LogP contribution in [0.4, 0.5) is 0 Å². The van der Waals surface area contributed by atoms with Gasteiger partial charge >= 0.3 is 0 Å². The van der Waals surface area contributed by atoms with Gasteiger partial charge in [-0.25, -0.2) is 0 Å². The fourth-order valence-electron chi connectivity index (χ4n) is 1.77. The number of nitrogens with one attached hydrogen (secondary N) is 1. The van der Waals surface area contributed by atoms with E-state index in [0.717, 1.165) is 18.8 Å². The number of benzene rings is 1. The predicted octanol–water partition coefficient (Wildman–Crippen LogP) is 2.62. The third-order valence-corrected chi connectivity index (χ3v) is 3.73. The molecule has 0 unspecified atom stereocenters. The number of hydrogen-bond donors (Lipinski definition) is 2. The third-order valence-electron chi connectivity index (χ3n) is 2.83. The molecule has 1 rings (SSSR count). The molecule has 0 spiro atoms. The van der Waals surface area contributed by atoms with Gasteiger partial charge in [-0.2, -0.15) is 0 Å². The quantitative estimate of drug-likeness (QED) is 0.579. The van der Waals surface area contributed by atoms with E-state index < -0.39 is 0 Å². The minimum absolute atomic E-state index is 0.157. The van der Waals surface area contributed by atoms with Gasteiger partial charge in [0.25, 0.3) is 0 Å². The first kappa shape index (κ1) is 14.6. The van der Waals surface area contributed by atoms with Crippen molar-refractivity contribution in [2.24, 2.45) is 5.73 Å². The molecule has 0 saturated heterocycles. The first-order valence-electron chi connectivity index (χ1n) is 6.24. The molecular weight excluding hydrogens is 228 g/mol. The second kappa shape index (κ2) is 7.04. The third kappa shape index (κ3) is 4.70. The van der Waals surface area contributed by atoms with Crippen molar-refractivity contribution in [1.82, 2.24) is 5.32 Å². The van der Waals surface area contributed by atoms with Crippen LogP contribution < -0.4 is 11.1 Å². The monoisotopic (exact) mass is 252 g/mol. The molecule has 0 heterocycles. The summed E-state index contributed by atoms with van der Waals surface area (Å²) in [5, 5.41) is 3.38. The van der Waals surface area contributed by atoms with Gasteiger partial charge in [0.1, 0.15) is 0 Å². The van der Waals surface area contributed by atoms with Crippen LogP contribution in [0, 0.1) is 0 Å². The highest BCUT2D eigenvalue weighted by atomic mass is 32.2. The topological polar surface area (TPSA) is 38.0 Å². The van der Waals surface area contributed by atoms with Crippen molar-refractivity contribution in [2.45, 2.75) is 31.1 Å². The smallest absolute Gasteiger partial charge is 0.00748 e. The van der Waals surface area contributed by atoms with Gasteiger partial charge in [-0.3, -0.25) is 0 Å². The minimum Gasteiger partial charge on any atom is -0.329 e. The Labute approximate surface area is 109 Å². The first-order valence-corrected chi connectivity index (χ1v) is 7.23. The molecule has 96 valence electrons. The van der Waals surface area contributed by atoms with E-state index in [2.05, 4.69) is 50.4 Å². The summed E-state index contributed by atoms with van der Waals surface area (Å²) >= 11 is 1.88. The van der Waals surface area contributed by atoms with Gasteiger partial charge in [-0.1, -0.05) is 32.9 Å². The van der Waals surface area contributed by atoms with Crippen molar-refractivity contribution in [3.8, 4) is 0 Å². The largest absolute Gasteiger partial charge is 0.329 e. The predicted molar refractivity (Wildman–Crippen MR) is 77.8 cm³/mol. The van der Waals surface area contributed by atoms with Gasteiger partial charge in [0, 0.05) is 29.9 Å². The lowest BCUT2D eigenvalue weighted by Crippen LogP contribution is -2.35. The Kier molecular flexibility index (Phi) is 6.03. The van der Waals surface area contributed by atoms with E-state index in [-0.39, 0.29) is 5.41 Å². The van der Waals surface area contributed by atoms with Crippen molar-refractivity contribution in [2.75, 3.05) is 25.4 Å². The summed E-state index contributed by atoms with van der Waals surface area (Å²) in [6, 6.07) is 8.91. The highest BCUT2D eigenvalue weighted by Gasteiger charge is 2.19. The SMILES string of the molecule is CCSc1ccc(C(C)(C)CNCCN)cc1. The molecule has 2 nitrogen and oxygen atoms in total. The number of hydrogen-bond acceptors (Lipinski definition) is 3. The van der Waals surface area contributed by atoms with Crippen molar-refractivity contribution in [3.63, 3.8) is 0 Å². The molecule has 3 heteroatoms. The summed E-state index contributed by atoms with van der Waals surface area (Å²) in [4.78, 5) is 1.35. The van der Waals surface area contributed by atoms with Crippen LogP contribution in [0.3, 0.4) is 0 Å². The maximum absolute atomic E-state index is 5.48. The van der Waals surface area contributed by atoms with E-state index in [1.54, 1.807) is 0 Å². The Balaban J connectivity index is 2.63. The lowest BCUT2D eigenvalue weighted by atomic mass is 9.84. The molecule has 0 radical (unpaired) electrons.